The highest BCUT2D eigenvalue weighted by molar-refractivity contribution is 7.12. The van der Waals surface area contributed by atoms with Crippen LogP contribution in [0.4, 0.5) is 0 Å². The summed E-state index contributed by atoms with van der Waals surface area (Å²) in [6.45, 7) is 0. The van der Waals surface area contributed by atoms with Crippen LogP contribution in [0.15, 0.2) is 66.0 Å². The average Bonchev–Trinajstić information content (AvgIpc) is 3.11. The van der Waals surface area contributed by atoms with Crippen molar-refractivity contribution in [3.05, 3.63) is 66.0 Å². The van der Waals surface area contributed by atoms with E-state index in [4.69, 9.17) is 0 Å². The van der Waals surface area contributed by atoms with E-state index in [0.29, 0.717) is 0 Å². The molecule has 2 aromatic carbocycles. The molecule has 21 heavy (non-hydrogen) atoms. The Hall–Kier alpha value is -2.59. The molecule has 0 aliphatic rings. The molecule has 102 valence electrons. The maximum Gasteiger partial charge on any atom is 0.197 e. The van der Waals surface area contributed by atoms with Crippen molar-refractivity contribution in [3.63, 3.8) is 0 Å². The van der Waals surface area contributed by atoms with Crippen LogP contribution in [0.5, 0.6) is 5.06 Å². The number of hydrogen-bond donors (Lipinski definition) is 1. The second-order valence-electron chi connectivity index (χ2n) is 4.75. The number of hydrogen-bond acceptors (Lipinski definition) is 3. The summed E-state index contributed by atoms with van der Waals surface area (Å²) in [5.41, 5.74) is 3.72. The fourth-order valence-electron chi connectivity index (χ4n) is 2.54. The Morgan fingerprint density at radius 3 is 2.43 bits per heavy atom. The summed E-state index contributed by atoms with van der Waals surface area (Å²) < 4.78 is 1.83. The van der Waals surface area contributed by atoms with Gasteiger partial charge in [-0.15, -0.1) is 11.3 Å². The number of thiophene rings is 1. The van der Waals surface area contributed by atoms with Crippen LogP contribution >= 0.6 is 11.3 Å². The minimum atomic E-state index is 0.278. The van der Waals surface area contributed by atoms with Crippen LogP contribution in [0.3, 0.4) is 0 Å². The van der Waals surface area contributed by atoms with Crippen LogP contribution in [0.25, 0.3) is 27.8 Å². The Balaban J connectivity index is 2.09. The van der Waals surface area contributed by atoms with Crippen molar-refractivity contribution in [1.29, 1.82) is 0 Å². The summed E-state index contributed by atoms with van der Waals surface area (Å²) in [5.74, 6) is 0. The van der Waals surface area contributed by atoms with Gasteiger partial charge in [0.2, 0.25) is 0 Å². The van der Waals surface area contributed by atoms with Crippen molar-refractivity contribution in [2.24, 2.45) is 0 Å². The van der Waals surface area contributed by atoms with Crippen LogP contribution in [0, 0.1) is 0 Å². The van der Waals surface area contributed by atoms with Gasteiger partial charge in [0.25, 0.3) is 0 Å². The molecule has 2 aromatic heterocycles. The molecular weight excluding hydrogens is 280 g/mol. The number of nitrogens with zero attached hydrogens (tertiary/aromatic N) is 2. The molecule has 0 saturated heterocycles. The number of benzene rings is 2. The number of fused-ring (bicyclic) bond motifs is 1. The van der Waals surface area contributed by atoms with Crippen molar-refractivity contribution in [1.82, 2.24) is 9.78 Å². The Bertz CT molecular complexity index is 909. The summed E-state index contributed by atoms with van der Waals surface area (Å²) in [5, 5.41) is 17.9. The Labute approximate surface area is 125 Å². The molecule has 0 aliphatic heterocycles. The highest BCUT2D eigenvalue weighted by Gasteiger charge is 2.16. The zero-order valence-electron chi connectivity index (χ0n) is 11.1. The van der Waals surface area contributed by atoms with Gasteiger partial charge in [-0.25, -0.2) is 4.68 Å². The van der Waals surface area contributed by atoms with Gasteiger partial charge in [0.15, 0.2) is 5.06 Å². The lowest BCUT2D eigenvalue weighted by molar-refractivity contribution is 0.486. The smallest absolute Gasteiger partial charge is 0.197 e. The second kappa shape index (κ2) is 4.75. The summed E-state index contributed by atoms with van der Waals surface area (Å²) in [6, 6.07) is 20.0. The Morgan fingerprint density at radius 2 is 1.67 bits per heavy atom. The van der Waals surface area contributed by atoms with E-state index in [-0.39, 0.29) is 5.06 Å². The molecule has 2 heterocycles. The Morgan fingerprint density at radius 1 is 0.905 bits per heavy atom. The number of rotatable bonds is 2. The molecule has 4 aromatic rings. The topological polar surface area (TPSA) is 38.0 Å². The monoisotopic (exact) mass is 292 g/mol. The molecule has 0 unspecified atom stereocenters. The van der Waals surface area contributed by atoms with Crippen molar-refractivity contribution >= 4 is 22.2 Å². The van der Waals surface area contributed by atoms with Gasteiger partial charge in [-0.2, -0.15) is 5.10 Å². The largest absolute Gasteiger partial charge is 0.498 e. The van der Waals surface area contributed by atoms with Crippen molar-refractivity contribution < 1.29 is 5.11 Å². The first kappa shape index (κ1) is 12.2. The average molecular weight is 292 g/mol. The highest BCUT2D eigenvalue weighted by atomic mass is 32.1. The molecule has 0 atom stereocenters. The van der Waals surface area contributed by atoms with Crippen LogP contribution < -0.4 is 0 Å². The van der Waals surface area contributed by atoms with Gasteiger partial charge in [-0.05, 0) is 17.5 Å². The lowest BCUT2D eigenvalue weighted by atomic mass is 10.1. The molecule has 4 heteroatoms. The molecule has 3 nitrogen and oxygen atoms in total. The predicted molar refractivity (Wildman–Crippen MR) is 86.0 cm³/mol. The zero-order valence-corrected chi connectivity index (χ0v) is 11.9. The first-order chi connectivity index (χ1) is 10.3. The maximum absolute atomic E-state index is 10.1. The quantitative estimate of drug-likeness (QED) is 0.592. The van der Waals surface area contributed by atoms with Crippen LogP contribution in [-0.2, 0) is 0 Å². The maximum atomic E-state index is 10.1. The van der Waals surface area contributed by atoms with E-state index in [1.807, 2.05) is 52.5 Å². The minimum absolute atomic E-state index is 0.278. The SMILES string of the molecule is Oc1sccc1-n1nc2ccccc2c1-c1ccccc1. The molecule has 4 rings (SSSR count). The fraction of sp³-hybridized carbons (Fsp3) is 0. The van der Waals surface area contributed by atoms with Gasteiger partial charge in [0, 0.05) is 10.9 Å². The van der Waals surface area contributed by atoms with Crippen LogP contribution in [0.2, 0.25) is 0 Å². The third-order valence-electron chi connectivity index (χ3n) is 3.48. The zero-order chi connectivity index (χ0) is 14.2. The molecule has 0 spiro atoms. The van der Waals surface area contributed by atoms with Crippen molar-refractivity contribution in [2.45, 2.75) is 0 Å². The molecule has 0 amide bonds. The lowest BCUT2D eigenvalue weighted by Crippen LogP contribution is -1.97. The third kappa shape index (κ3) is 1.92. The molecular formula is C17H12N2OS. The van der Waals surface area contributed by atoms with Gasteiger partial charge in [0.05, 0.1) is 11.2 Å². The summed E-state index contributed by atoms with van der Waals surface area (Å²) in [4.78, 5) is 0. The molecule has 0 fully saturated rings. The standard InChI is InChI=1S/C17H12N2OS/c20-17-15(10-11-21-17)19-16(12-6-2-1-3-7-12)13-8-4-5-9-14(13)18-19/h1-11,20H. The van der Waals surface area contributed by atoms with E-state index < -0.39 is 0 Å². The molecule has 0 radical (unpaired) electrons. The van der Waals surface area contributed by atoms with Crippen LogP contribution in [0.1, 0.15) is 0 Å². The minimum Gasteiger partial charge on any atom is -0.498 e. The van der Waals surface area contributed by atoms with E-state index in [0.717, 1.165) is 27.8 Å². The van der Waals surface area contributed by atoms with E-state index in [2.05, 4.69) is 23.3 Å². The summed E-state index contributed by atoms with van der Waals surface area (Å²) >= 11 is 1.31. The molecule has 0 aliphatic carbocycles. The van der Waals surface area contributed by atoms with Crippen LogP contribution in [-0.4, -0.2) is 14.9 Å². The van der Waals surface area contributed by atoms with Gasteiger partial charge in [-0.3, -0.25) is 0 Å². The summed E-state index contributed by atoms with van der Waals surface area (Å²) in [7, 11) is 0. The Kier molecular flexibility index (Phi) is 2.75. The number of aromatic hydroxyl groups is 1. The molecule has 0 saturated carbocycles. The fourth-order valence-corrected chi connectivity index (χ4v) is 3.14. The molecule has 1 N–H and O–H groups in total. The van der Waals surface area contributed by atoms with E-state index in [1.165, 1.54) is 11.3 Å². The van der Waals surface area contributed by atoms with Crippen molar-refractivity contribution in [2.75, 3.05) is 0 Å². The van der Waals surface area contributed by atoms with Crippen molar-refractivity contribution in [3.8, 4) is 22.0 Å². The van der Waals surface area contributed by atoms with Gasteiger partial charge in [0.1, 0.15) is 5.69 Å². The van der Waals surface area contributed by atoms with E-state index in [1.54, 1.807) is 0 Å². The second-order valence-corrected chi connectivity index (χ2v) is 5.65. The van der Waals surface area contributed by atoms with Gasteiger partial charge >= 0.3 is 0 Å². The van der Waals surface area contributed by atoms with E-state index in [9.17, 15) is 5.11 Å². The normalized spacial score (nSPS) is 11.0. The van der Waals surface area contributed by atoms with Gasteiger partial charge in [-0.1, -0.05) is 48.5 Å². The first-order valence-corrected chi connectivity index (χ1v) is 7.52. The third-order valence-corrected chi connectivity index (χ3v) is 4.18. The first-order valence-electron chi connectivity index (χ1n) is 6.64. The summed E-state index contributed by atoms with van der Waals surface area (Å²) in [6.07, 6.45) is 0. The predicted octanol–water partition coefficient (Wildman–Crippen LogP) is 4.46. The van der Waals surface area contributed by atoms with Gasteiger partial charge < -0.3 is 5.11 Å². The van der Waals surface area contributed by atoms with E-state index >= 15 is 0 Å². The lowest BCUT2D eigenvalue weighted by Gasteiger charge is -2.06. The number of aromatic nitrogens is 2. The highest BCUT2D eigenvalue weighted by Crippen LogP contribution is 2.35. The molecule has 0 bridgehead atoms.